The molecular weight excluding hydrogens is 289 g/mol. The van der Waals surface area contributed by atoms with Crippen LogP contribution in [0.4, 0.5) is 23.7 Å². The molecule has 1 unspecified atom stereocenters. The van der Waals surface area contributed by atoms with E-state index in [0.29, 0.717) is 12.1 Å². The van der Waals surface area contributed by atoms with Gasteiger partial charge >= 0.3 is 18.2 Å². The van der Waals surface area contributed by atoms with Crippen molar-refractivity contribution in [2.75, 3.05) is 5.32 Å². The summed E-state index contributed by atoms with van der Waals surface area (Å²) in [6, 6.07) is 0.926. The summed E-state index contributed by atoms with van der Waals surface area (Å²) in [6.07, 6.45) is -3.23. The van der Waals surface area contributed by atoms with Crippen LogP contribution in [0.2, 0.25) is 0 Å². The van der Waals surface area contributed by atoms with Crippen LogP contribution in [0.15, 0.2) is 30.9 Å². The molecule has 0 fully saturated rings. The molecule has 0 aliphatic carbocycles. The van der Waals surface area contributed by atoms with Gasteiger partial charge in [0.15, 0.2) is 0 Å². The number of carboxylic acids is 1. The van der Waals surface area contributed by atoms with E-state index in [2.05, 4.69) is 17.2 Å². The molecule has 0 bridgehead atoms. The van der Waals surface area contributed by atoms with Gasteiger partial charge in [-0.15, -0.1) is 6.58 Å². The van der Waals surface area contributed by atoms with Gasteiger partial charge in [-0.2, -0.15) is 13.2 Å². The minimum Gasteiger partial charge on any atom is -0.478 e. The fourth-order valence-corrected chi connectivity index (χ4v) is 1.43. The largest absolute Gasteiger partial charge is 0.478 e. The lowest BCUT2D eigenvalue weighted by atomic mass is 10.1. The Morgan fingerprint density at radius 3 is 2.48 bits per heavy atom. The molecule has 21 heavy (non-hydrogen) atoms. The van der Waals surface area contributed by atoms with Crippen LogP contribution in [0.1, 0.15) is 22.8 Å². The second-order valence-corrected chi connectivity index (χ2v) is 4.19. The number of anilines is 1. The quantitative estimate of drug-likeness (QED) is 0.748. The summed E-state index contributed by atoms with van der Waals surface area (Å²) in [5.41, 5.74) is -1.99. The summed E-state index contributed by atoms with van der Waals surface area (Å²) in [6.45, 7) is 5.07. The minimum atomic E-state index is -4.66. The van der Waals surface area contributed by atoms with Crippen molar-refractivity contribution >= 4 is 17.7 Å². The van der Waals surface area contributed by atoms with Crippen molar-refractivity contribution in [1.82, 2.24) is 5.32 Å². The van der Waals surface area contributed by atoms with Crippen LogP contribution < -0.4 is 10.6 Å². The Morgan fingerprint density at radius 2 is 2.00 bits per heavy atom. The van der Waals surface area contributed by atoms with E-state index in [1.54, 1.807) is 6.92 Å². The highest BCUT2D eigenvalue weighted by Crippen LogP contribution is 2.31. The average molecular weight is 302 g/mol. The Kier molecular flexibility index (Phi) is 4.96. The molecule has 2 amide bonds. The van der Waals surface area contributed by atoms with E-state index < -0.39 is 29.3 Å². The SMILES string of the molecule is C=CC(C)NC(=O)Nc1ccc(C(F)(F)F)cc1C(=O)O. The predicted octanol–water partition coefficient (Wildman–Crippen LogP) is 3.10. The van der Waals surface area contributed by atoms with Crippen LogP contribution in [0, 0.1) is 0 Å². The monoisotopic (exact) mass is 302 g/mol. The van der Waals surface area contributed by atoms with Gasteiger partial charge in [-0.05, 0) is 25.1 Å². The van der Waals surface area contributed by atoms with Crippen LogP contribution in [0.3, 0.4) is 0 Å². The lowest BCUT2D eigenvalue weighted by Gasteiger charge is -2.14. The molecule has 8 heteroatoms. The highest BCUT2D eigenvalue weighted by atomic mass is 19.4. The molecule has 0 radical (unpaired) electrons. The molecule has 0 heterocycles. The van der Waals surface area contributed by atoms with Gasteiger partial charge in [0.2, 0.25) is 0 Å². The molecule has 1 aromatic carbocycles. The topological polar surface area (TPSA) is 78.4 Å². The first-order valence-corrected chi connectivity index (χ1v) is 5.79. The third-order valence-corrected chi connectivity index (χ3v) is 2.54. The first kappa shape index (κ1) is 16.5. The zero-order chi connectivity index (χ0) is 16.2. The third-order valence-electron chi connectivity index (χ3n) is 2.54. The highest BCUT2D eigenvalue weighted by Gasteiger charge is 2.32. The number of hydrogen-bond donors (Lipinski definition) is 3. The summed E-state index contributed by atoms with van der Waals surface area (Å²) in [5, 5.41) is 13.5. The van der Waals surface area contributed by atoms with E-state index in [0.717, 1.165) is 6.07 Å². The number of rotatable bonds is 4. The molecular formula is C13H13F3N2O3. The first-order valence-electron chi connectivity index (χ1n) is 5.79. The summed E-state index contributed by atoms with van der Waals surface area (Å²) < 4.78 is 37.6. The molecule has 0 aliphatic rings. The number of aromatic carboxylic acids is 1. The number of nitrogens with one attached hydrogen (secondary N) is 2. The molecule has 1 rings (SSSR count). The van der Waals surface area contributed by atoms with E-state index in [1.807, 2.05) is 0 Å². The fourth-order valence-electron chi connectivity index (χ4n) is 1.43. The third kappa shape index (κ3) is 4.51. The van der Waals surface area contributed by atoms with Gasteiger partial charge < -0.3 is 15.7 Å². The van der Waals surface area contributed by atoms with Gasteiger partial charge in [0, 0.05) is 6.04 Å². The standard InChI is InChI=1S/C13H13F3N2O3/c1-3-7(2)17-12(21)18-10-5-4-8(13(14,15)16)6-9(10)11(19)20/h3-7H,1H2,2H3,(H,19,20)(H2,17,18,21). The van der Waals surface area contributed by atoms with Crippen molar-refractivity contribution in [3.63, 3.8) is 0 Å². The Bertz CT molecular complexity index is 570. The Balaban J connectivity index is 3.05. The number of carbonyl (C=O) groups excluding carboxylic acids is 1. The molecule has 0 spiro atoms. The molecule has 3 N–H and O–H groups in total. The highest BCUT2D eigenvalue weighted by molar-refractivity contribution is 6.00. The van der Waals surface area contributed by atoms with Gasteiger partial charge in [-0.25, -0.2) is 9.59 Å². The molecule has 114 valence electrons. The smallest absolute Gasteiger partial charge is 0.416 e. The molecule has 1 aromatic rings. The molecule has 5 nitrogen and oxygen atoms in total. The van der Waals surface area contributed by atoms with E-state index >= 15 is 0 Å². The van der Waals surface area contributed by atoms with Crippen molar-refractivity contribution < 1.29 is 27.9 Å². The van der Waals surface area contributed by atoms with Crippen molar-refractivity contribution in [3.8, 4) is 0 Å². The molecule has 0 aromatic heterocycles. The van der Waals surface area contributed by atoms with E-state index in [9.17, 15) is 22.8 Å². The van der Waals surface area contributed by atoms with Crippen molar-refractivity contribution in [1.29, 1.82) is 0 Å². The number of alkyl halides is 3. The number of carbonyl (C=O) groups is 2. The van der Waals surface area contributed by atoms with Crippen molar-refractivity contribution in [2.45, 2.75) is 19.1 Å². The van der Waals surface area contributed by atoms with Crippen LogP contribution >= 0.6 is 0 Å². The fraction of sp³-hybridized carbons (Fsp3) is 0.231. The van der Waals surface area contributed by atoms with Crippen molar-refractivity contribution in [2.24, 2.45) is 0 Å². The summed E-state index contributed by atoms with van der Waals surface area (Å²) in [4.78, 5) is 22.6. The number of carboxylic acid groups (broad SMARTS) is 1. The van der Waals surface area contributed by atoms with Gasteiger partial charge in [-0.1, -0.05) is 6.08 Å². The molecule has 0 saturated heterocycles. The summed E-state index contributed by atoms with van der Waals surface area (Å²) in [7, 11) is 0. The average Bonchev–Trinajstić information content (AvgIpc) is 2.37. The van der Waals surface area contributed by atoms with Crippen molar-refractivity contribution in [3.05, 3.63) is 42.0 Å². The van der Waals surface area contributed by atoms with E-state index in [-0.39, 0.29) is 11.7 Å². The van der Waals surface area contributed by atoms with Gasteiger partial charge in [-0.3, -0.25) is 0 Å². The minimum absolute atomic E-state index is 0.232. The number of amides is 2. The maximum absolute atomic E-state index is 12.5. The predicted molar refractivity (Wildman–Crippen MR) is 70.2 cm³/mol. The van der Waals surface area contributed by atoms with Crippen LogP contribution in [-0.2, 0) is 6.18 Å². The number of hydrogen-bond acceptors (Lipinski definition) is 2. The van der Waals surface area contributed by atoms with Gasteiger partial charge in [0.25, 0.3) is 0 Å². The zero-order valence-electron chi connectivity index (χ0n) is 11.0. The Labute approximate surface area is 118 Å². The van der Waals surface area contributed by atoms with Crippen LogP contribution in [0.5, 0.6) is 0 Å². The Hall–Kier alpha value is -2.51. The summed E-state index contributed by atoms with van der Waals surface area (Å²) in [5.74, 6) is -1.58. The normalized spacial score (nSPS) is 12.4. The second-order valence-electron chi connectivity index (χ2n) is 4.19. The number of benzene rings is 1. The van der Waals surface area contributed by atoms with Crippen LogP contribution in [-0.4, -0.2) is 23.1 Å². The Morgan fingerprint density at radius 1 is 1.38 bits per heavy atom. The molecule has 0 aliphatic heterocycles. The number of halogens is 3. The summed E-state index contributed by atoms with van der Waals surface area (Å²) >= 11 is 0. The first-order chi connectivity index (χ1) is 9.65. The lowest BCUT2D eigenvalue weighted by molar-refractivity contribution is -0.137. The maximum Gasteiger partial charge on any atom is 0.416 e. The lowest BCUT2D eigenvalue weighted by Crippen LogP contribution is -2.35. The van der Waals surface area contributed by atoms with Crippen LogP contribution in [0.25, 0.3) is 0 Å². The maximum atomic E-state index is 12.5. The van der Waals surface area contributed by atoms with E-state index in [1.165, 1.54) is 6.08 Å². The zero-order valence-corrected chi connectivity index (χ0v) is 11.0. The van der Waals surface area contributed by atoms with Gasteiger partial charge in [0.05, 0.1) is 16.8 Å². The van der Waals surface area contributed by atoms with Gasteiger partial charge in [0.1, 0.15) is 0 Å². The molecule has 0 saturated carbocycles. The number of urea groups is 1. The van der Waals surface area contributed by atoms with E-state index in [4.69, 9.17) is 5.11 Å². The second kappa shape index (κ2) is 6.29. The molecule has 1 atom stereocenters.